The molecule has 1 fully saturated rings. The van der Waals surface area contributed by atoms with Crippen LogP contribution in [0.15, 0.2) is 54.0 Å². The minimum Gasteiger partial charge on any atom is -0.347 e. The molecular weight excluding hydrogens is 322 g/mol. The minimum absolute atomic E-state index is 0.0650. The molecule has 2 atom stereocenters. The van der Waals surface area contributed by atoms with Gasteiger partial charge in [-0.1, -0.05) is 52.8 Å². The molecule has 0 amide bonds. The Morgan fingerprint density at radius 3 is 2.54 bits per heavy atom. The Bertz CT molecular complexity index is 760. The molecule has 2 aromatic rings. The molecule has 0 spiro atoms. The van der Waals surface area contributed by atoms with E-state index in [9.17, 15) is 9.59 Å². The molecule has 3 heteroatoms. The van der Waals surface area contributed by atoms with Gasteiger partial charge in [-0.3, -0.25) is 9.59 Å². The first-order valence-electron chi connectivity index (χ1n) is 9.93. The van der Waals surface area contributed by atoms with Crippen molar-refractivity contribution in [2.45, 2.75) is 59.9 Å². The van der Waals surface area contributed by atoms with Crippen LogP contribution in [-0.4, -0.2) is 10.4 Å². The van der Waals surface area contributed by atoms with Crippen LogP contribution in [0, 0.1) is 11.8 Å². The van der Waals surface area contributed by atoms with Crippen LogP contribution in [0.3, 0.4) is 0 Å². The molecule has 1 heterocycles. The summed E-state index contributed by atoms with van der Waals surface area (Å²) in [7, 11) is 0. The first-order chi connectivity index (χ1) is 12.7. The Morgan fingerprint density at radius 1 is 1.15 bits per heavy atom. The van der Waals surface area contributed by atoms with Gasteiger partial charge >= 0.3 is 0 Å². The number of carbonyl (C=O) groups excluding carboxylic acids is 1. The van der Waals surface area contributed by atoms with E-state index in [2.05, 4.69) is 11.1 Å². The summed E-state index contributed by atoms with van der Waals surface area (Å²) in [4.78, 5) is 23.8. The van der Waals surface area contributed by atoms with Crippen LogP contribution in [0.4, 0.5) is 0 Å². The third kappa shape index (κ3) is 5.42. The zero-order valence-corrected chi connectivity index (χ0v) is 16.7. The van der Waals surface area contributed by atoms with Crippen molar-refractivity contribution in [2.24, 2.45) is 11.8 Å². The number of hydrogen-bond acceptors (Lipinski definition) is 2. The topological polar surface area (TPSA) is 39.1 Å². The molecule has 142 valence electrons. The maximum absolute atomic E-state index is 11.9. The lowest BCUT2D eigenvalue weighted by Gasteiger charge is -2.28. The first kappa shape index (κ1) is 21.9. The molecule has 0 saturated heterocycles. The van der Waals surface area contributed by atoms with Gasteiger partial charge in [0.15, 0.2) is 11.2 Å². The number of allylic oxidation sites excluding steroid dienone is 1. The zero-order chi connectivity index (χ0) is 19.5. The van der Waals surface area contributed by atoms with Gasteiger partial charge in [0, 0.05) is 30.1 Å². The molecular formula is C23H33NO2. The number of ketones is 1. The van der Waals surface area contributed by atoms with Crippen LogP contribution in [-0.2, 0) is 11.3 Å². The van der Waals surface area contributed by atoms with E-state index in [1.54, 1.807) is 6.07 Å². The van der Waals surface area contributed by atoms with E-state index in [1.165, 1.54) is 6.08 Å². The number of nitrogens with zero attached hydrogens (tertiary/aromatic N) is 1. The van der Waals surface area contributed by atoms with Gasteiger partial charge in [0.05, 0.1) is 5.52 Å². The second-order valence-electron chi connectivity index (χ2n) is 6.19. The predicted molar refractivity (Wildman–Crippen MR) is 112 cm³/mol. The summed E-state index contributed by atoms with van der Waals surface area (Å²) in [6, 6.07) is 9.36. The molecule has 26 heavy (non-hydrogen) atoms. The summed E-state index contributed by atoms with van der Waals surface area (Å²) in [5.41, 5.74) is 1.04. The van der Waals surface area contributed by atoms with Crippen molar-refractivity contribution in [2.75, 3.05) is 0 Å². The summed E-state index contributed by atoms with van der Waals surface area (Å²) in [5.74, 6) is 0.782. The number of fused-ring (bicyclic) bond motifs is 1. The number of aromatic nitrogens is 1. The Morgan fingerprint density at radius 2 is 1.85 bits per heavy atom. The number of pyridine rings is 1. The SMILES string of the molecule is C=CC(=O)C1CCCC(Cn2ccc(=O)c3ccccc32)C1.CC.CC. The maximum atomic E-state index is 11.9. The fourth-order valence-corrected chi connectivity index (χ4v) is 3.58. The quantitative estimate of drug-likeness (QED) is 0.668. The number of rotatable bonds is 4. The van der Waals surface area contributed by atoms with Crippen LogP contribution in [0.25, 0.3) is 10.9 Å². The molecule has 0 radical (unpaired) electrons. The van der Waals surface area contributed by atoms with Gasteiger partial charge in [0.1, 0.15) is 0 Å². The van der Waals surface area contributed by atoms with E-state index in [-0.39, 0.29) is 17.1 Å². The lowest BCUT2D eigenvalue weighted by atomic mass is 9.79. The van der Waals surface area contributed by atoms with Crippen molar-refractivity contribution in [3.63, 3.8) is 0 Å². The summed E-state index contributed by atoms with van der Waals surface area (Å²) < 4.78 is 2.15. The van der Waals surface area contributed by atoms with Crippen LogP contribution in [0.2, 0.25) is 0 Å². The highest BCUT2D eigenvalue weighted by Gasteiger charge is 2.26. The summed E-state index contributed by atoms with van der Waals surface area (Å²) in [6.07, 6.45) is 7.47. The van der Waals surface area contributed by atoms with Crippen LogP contribution in [0.5, 0.6) is 0 Å². The molecule has 0 bridgehead atoms. The number of hydrogen-bond donors (Lipinski definition) is 0. The van der Waals surface area contributed by atoms with Crippen LogP contribution >= 0.6 is 0 Å². The fourth-order valence-electron chi connectivity index (χ4n) is 3.58. The number of benzene rings is 1. The summed E-state index contributed by atoms with van der Waals surface area (Å²) >= 11 is 0. The van der Waals surface area contributed by atoms with E-state index >= 15 is 0 Å². The third-order valence-electron chi connectivity index (χ3n) is 4.73. The standard InChI is InChI=1S/C19H21NO2.2C2H6/c1-2-18(21)15-7-5-6-14(12-15)13-20-11-10-19(22)16-8-3-4-9-17(16)20;2*1-2/h2-4,8-11,14-15H,1,5-7,12-13H2;2*1-2H3. The Balaban J connectivity index is 0.000000791. The van der Waals surface area contributed by atoms with Gasteiger partial charge in [0.25, 0.3) is 0 Å². The largest absolute Gasteiger partial charge is 0.347 e. The van der Waals surface area contributed by atoms with Crippen molar-refractivity contribution < 1.29 is 4.79 Å². The molecule has 1 aromatic carbocycles. The van der Waals surface area contributed by atoms with Gasteiger partial charge in [-0.15, -0.1) is 0 Å². The van der Waals surface area contributed by atoms with Gasteiger partial charge in [-0.2, -0.15) is 0 Å². The zero-order valence-electron chi connectivity index (χ0n) is 16.7. The van der Waals surface area contributed by atoms with Crippen molar-refractivity contribution >= 4 is 16.7 Å². The van der Waals surface area contributed by atoms with Crippen molar-refractivity contribution in [3.05, 3.63) is 59.4 Å². The molecule has 1 aliphatic carbocycles. The highest BCUT2D eigenvalue weighted by atomic mass is 16.1. The highest BCUT2D eigenvalue weighted by Crippen LogP contribution is 2.31. The molecule has 0 aliphatic heterocycles. The fraction of sp³-hybridized carbons (Fsp3) is 0.478. The second-order valence-corrected chi connectivity index (χ2v) is 6.19. The van der Waals surface area contributed by atoms with Gasteiger partial charge < -0.3 is 4.57 Å². The lowest BCUT2D eigenvalue weighted by molar-refractivity contribution is -0.119. The first-order valence-corrected chi connectivity index (χ1v) is 9.93. The minimum atomic E-state index is 0.0650. The molecule has 0 N–H and O–H groups in total. The number of carbonyl (C=O) groups is 1. The van der Waals surface area contributed by atoms with Gasteiger partial charge in [-0.05, 0) is 43.4 Å². The molecule has 1 saturated carbocycles. The monoisotopic (exact) mass is 355 g/mol. The number of para-hydroxylation sites is 1. The maximum Gasteiger partial charge on any atom is 0.189 e. The molecule has 3 nitrogen and oxygen atoms in total. The van der Waals surface area contributed by atoms with E-state index in [1.807, 2.05) is 58.2 Å². The van der Waals surface area contributed by atoms with Gasteiger partial charge in [-0.25, -0.2) is 0 Å². The van der Waals surface area contributed by atoms with E-state index in [4.69, 9.17) is 0 Å². The van der Waals surface area contributed by atoms with E-state index in [0.29, 0.717) is 5.92 Å². The predicted octanol–water partition coefficient (Wildman–Crippen LogP) is 5.62. The lowest BCUT2D eigenvalue weighted by Crippen LogP contribution is -2.25. The highest BCUT2D eigenvalue weighted by molar-refractivity contribution is 5.91. The van der Waals surface area contributed by atoms with Crippen molar-refractivity contribution in [1.82, 2.24) is 4.57 Å². The average Bonchev–Trinajstić information content (AvgIpc) is 2.73. The Hall–Kier alpha value is -2.16. The third-order valence-corrected chi connectivity index (χ3v) is 4.73. The Kier molecular flexibility index (Phi) is 9.64. The smallest absolute Gasteiger partial charge is 0.189 e. The molecule has 1 aliphatic rings. The normalized spacial score (nSPS) is 18.8. The van der Waals surface area contributed by atoms with E-state index in [0.717, 1.165) is 43.1 Å². The van der Waals surface area contributed by atoms with Crippen molar-refractivity contribution in [1.29, 1.82) is 0 Å². The Labute approximate surface area is 157 Å². The summed E-state index contributed by atoms with van der Waals surface area (Å²) in [5, 5.41) is 0.763. The van der Waals surface area contributed by atoms with Crippen LogP contribution in [0.1, 0.15) is 53.4 Å². The average molecular weight is 356 g/mol. The van der Waals surface area contributed by atoms with Gasteiger partial charge in [0.2, 0.25) is 0 Å². The van der Waals surface area contributed by atoms with Crippen LogP contribution < -0.4 is 5.43 Å². The summed E-state index contributed by atoms with van der Waals surface area (Å²) in [6.45, 7) is 12.5. The molecule has 3 rings (SSSR count). The van der Waals surface area contributed by atoms with Crippen molar-refractivity contribution in [3.8, 4) is 0 Å². The molecule has 2 unspecified atom stereocenters. The van der Waals surface area contributed by atoms with E-state index < -0.39 is 0 Å². The second kappa shape index (κ2) is 11.5. The molecule has 1 aromatic heterocycles.